The van der Waals surface area contributed by atoms with Crippen LogP contribution in [-0.4, -0.2) is 32.9 Å². The third-order valence-electron chi connectivity index (χ3n) is 2.57. The van der Waals surface area contributed by atoms with Crippen molar-refractivity contribution in [2.45, 2.75) is 38.5 Å². The Bertz CT molecular complexity index is 196. The number of nitrogens with two attached hydrogens (primary N) is 1. The summed E-state index contributed by atoms with van der Waals surface area (Å²) in [6.07, 6.45) is 1.09. The molecule has 0 saturated carbocycles. The highest BCUT2D eigenvalue weighted by atomic mass is 32.2. The molecular formula is C9H20N2OS. The second kappa shape index (κ2) is 4.53. The van der Waals surface area contributed by atoms with Crippen molar-refractivity contribution in [1.82, 2.24) is 4.31 Å². The van der Waals surface area contributed by atoms with E-state index in [0.29, 0.717) is 12.0 Å². The molecule has 0 aromatic rings. The summed E-state index contributed by atoms with van der Waals surface area (Å²) >= 11 is 0. The van der Waals surface area contributed by atoms with Gasteiger partial charge in [0, 0.05) is 17.8 Å². The Morgan fingerprint density at radius 1 is 1.62 bits per heavy atom. The van der Waals surface area contributed by atoms with Crippen molar-refractivity contribution in [2.24, 2.45) is 11.7 Å². The van der Waals surface area contributed by atoms with E-state index in [1.807, 2.05) is 13.8 Å². The molecule has 2 N–H and O–H groups in total. The molecule has 0 bridgehead atoms. The summed E-state index contributed by atoms with van der Waals surface area (Å²) in [5.74, 6) is 0.540. The fourth-order valence-corrected chi connectivity index (χ4v) is 3.14. The average molecular weight is 204 g/mol. The average Bonchev–Trinajstić information content (AvgIpc) is 2.45. The maximum absolute atomic E-state index is 11.8. The molecule has 0 spiro atoms. The summed E-state index contributed by atoms with van der Waals surface area (Å²) in [4.78, 5) is 0. The van der Waals surface area contributed by atoms with E-state index in [2.05, 4.69) is 11.2 Å². The Kier molecular flexibility index (Phi) is 3.88. The minimum absolute atomic E-state index is 0.221. The lowest BCUT2D eigenvalue weighted by atomic mass is 10.1. The van der Waals surface area contributed by atoms with Crippen LogP contribution in [0.2, 0.25) is 0 Å². The van der Waals surface area contributed by atoms with Crippen LogP contribution in [0.4, 0.5) is 0 Å². The van der Waals surface area contributed by atoms with Crippen LogP contribution in [0.15, 0.2) is 0 Å². The Balaban J connectivity index is 2.57. The molecule has 0 aromatic carbocycles. The Morgan fingerprint density at radius 2 is 2.23 bits per heavy atom. The minimum Gasteiger partial charge on any atom is -0.330 e. The van der Waals surface area contributed by atoms with Crippen LogP contribution in [0.5, 0.6) is 0 Å². The monoisotopic (exact) mass is 204 g/mol. The molecule has 3 unspecified atom stereocenters. The lowest BCUT2D eigenvalue weighted by molar-refractivity contribution is 0.434. The van der Waals surface area contributed by atoms with Crippen molar-refractivity contribution in [1.29, 1.82) is 0 Å². The molecule has 0 radical (unpaired) electrons. The first-order valence-corrected chi connectivity index (χ1v) is 6.10. The van der Waals surface area contributed by atoms with Crippen molar-refractivity contribution in [3.8, 4) is 0 Å². The third kappa shape index (κ3) is 2.51. The lowest BCUT2D eigenvalue weighted by Crippen LogP contribution is -2.34. The fourth-order valence-electron chi connectivity index (χ4n) is 1.80. The summed E-state index contributed by atoms with van der Waals surface area (Å²) in [5.41, 5.74) is 5.61. The Morgan fingerprint density at radius 3 is 2.62 bits per heavy atom. The molecule has 78 valence electrons. The van der Waals surface area contributed by atoms with Crippen LogP contribution in [0.1, 0.15) is 27.2 Å². The maximum Gasteiger partial charge on any atom is 0.0971 e. The molecule has 1 fully saturated rings. The van der Waals surface area contributed by atoms with Gasteiger partial charge in [-0.2, -0.15) is 0 Å². The second-order valence-electron chi connectivity index (χ2n) is 4.11. The van der Waals surface area contributed by atoms with Gasteiger partial charge in [0.15, 0.2) is 0 Å². The number of rotatable bonds is 3. The third-order valence-corrected chi connectivity index (χ3v) is 4.35. The molecule has 1 aliphatic heterocycles. The highest BCUT2D eigenvalue weighted by molar-refractivity contribution is 7.83. The molecular weight excluding hydrogens is 184 g/mol. The molecule has 1 aliphatic rings. The summed E-state index contributed by atoms with van der Waals surface area (Å²) in [6.45, 7) is 7.76. The number of hydrogen-bond acceptors (Lipinski definition) is 2. The Hall–Kier alpha value is 0.0700. The molecule has 0 aliphatic carbocycles. The van der Waals surface area contributed by atoms with Crippen LogP contribution in [-0.2, 0) is 11.0 Å². The number of hydrogen-bond donors (Lipinski definition) is 1. The van der Waals surface area contributed by atoms with Gasteiger partial charge in [-0.3, -0.25) is 0 Å². The van der Waals surface area contributed by atoms with Gasteiger partial charge in [0.05, 0.1) is 11.0 Å². The quantitative estimate of drug-likeness (QED) is 0.736. The predicted octanol–water partition coefficient (Wildman–Crippen LogP) is 0.728. The molecule has 1 saturated heterocycles. The van der Waals surface area contributed by atoms with E-state index < -0.39 is 11.0 Å². The van der Waals surface area contributed by atoms with Gasteiger partial charge in [-0.1, -0.05) is 0 Å². The molecule has 1 rings (SSSR count). The topological polar surface area (TPSA) is 46.3 Å². The first-order valence-electron chi connectivity index (χ1n) is 4.93. The normalized spacial score (nSPS) is 32.7. The van der Waals surface area contributed by atoms with Gasteiger partial charge < -0.3 is 5.73 Å². The van der Waals surface area contributed by atoms with E-state index in [1.165, 1.54) is 0 Å². The van der Waals surface area contributed by atoms with E-state index in [-0.39, 0.29) is 5.25 Å². The molecule has 1 heterocycles. The zero-order chi connectivity index (χ0) is 10.0. The molecule has 4 heteroatoms. The van der Waals surface area contributed by atoms with Crippen molar-refractivity contribution < 1.29 is 4.21 Å². The van der Waals surface area contributed by atoms with Gasteiger partial charge in [-0.15, -0.1) is 0 Å². The smallest absolute Gasteiger partial charge is 0.0971 e. The number of nitrogens with zero attached hydrogens (tertiary/aromatic N) is 1. The zero-order valence-corrected chi connectivity index (χ0v) is 9.51. The summed E-state index contributed by atoms with van der Waals surface area (Å²) < 4.78 is 13.9. The summed E-state index contributed by atoms with van der Waals surface area (Å²) in [6, 6.07) is 0.428. The van der Waals surface area contributed by atoms with Crippen molar-refractivity contribution in [2.75, 3.05) is 13.1 Å². The molecule has 0 aromatic heterocycles. The molecule has 0 amide bonds. The van der Waals surface area contributed by atoms with E-state index in [1.54, 1.807) is 0 Å². The highest BCUT2D eigenvalue weighted by Crippen LogP contribution is 2.24. The van der Waals surface area contributed by atoms with E-state index >= 15 is 0 Å². The first-order chi connectivity index (χ1) is 6.06. The fraction of sp³-hybridized carbons (Fsp3) is 1.00. The van der Waals surface area contributed by atoms with Gasteiger partial charge in [-0.25, -0.2) is 8.51 Å². The van der Waals surface area contributed by atoms with E-state index in [9.17, 15) is 4.21 Å². The van der Waals surface area contributed by atoms with Crippen molar-refractivity contribution in [3.05, 3.63) is 0 Å². The van der Waals surface area contributed by atoms with Crippen LogP contribution in [0, 0.1) is 5.92 Å². The van der Waals surface area contributed by atoms with E-state index in [0.717, 1.165) is 19.5 Å². The minimum atomic E-state index is -0.822. The maximum atomic E-state index is 11.8. The van der Waals surface area contributed by atoms with Gasteiger partial charge in [0.2, 0.25) is 0 Å². The molecule has 3 atom stereocenters. The first kappa shape index (κ1) is 11.1. The second-order valence-corrected chi connectivity index (χ2v) is 6.08. The SMILES string of the molecule is CC1CC(CN)CN1S(=O)C(C)C. The predicted molar refractivity (Wildman–Crippen MR) is 56.6 cm³/mol. The van der Waals surface area contributed by atoms with Crippen LogP contribution >= 0.6 is 0 Å². The van der Waals surface area contributed by atoms with Crippen molar-refractivity contribution >= 4 is 11.0 Å². The van der Waals surface area contributed by atoms with Crippen LogP contribution < -0.4 is 5.73 Å². The van der Waals surface area contributed by atoms with Gasteiger partial charge in [0.25, 0.3) is 0 Å². The van der Waals surface area contributed by atoms with Gasteiger partial charge in [-0.05, 0) is 39.7 Å². The highest BCUT2D eigenvalue weighted by Gasteiger charge is 2.32. The Labute approximate surface area is 83.3 Å². The summed E-state index contributed by atoms with van der Waals surface area (Å²) in [7, 11) is -0.822. The van der Waals surface area contributed by atoms with Crippen molar-refractivity contribution in [3.63, 3.8) is 0 Å². The molecule has 13 heavy (non-hydrogen) atoms. The molecule has 3 nitrogen and oxygen atoms in total. The van der Waals surface area contributed by atoms with Gasteiger partial charge in [0.1, 0.15) is 0 Å². The van der Waals surface area contributed by atoms with Crippen LogP contribution in [0.3, 0.4) is 0 Å². The largest absolute Gasteiger partial charge is 0.330 e. The van der Waals surface area contributed by atoms with Crippen LogP contribution in [0.25, 0.3) is 0 Å². The summed E-state index contributed by atoms with van der Waals surface area (Å²) in [5, 5.41) is 0.221. The van der Waals surface area contributed by atoms with Gasteiger partial charge >= 0.3 is 0 Å². The zero-order valence-electron chi connectivity index (χ0n) is 8.69. The van der Waals surface area contributed by atoms with E-state index in [4.69, 9.17) is 5.73 Å². The standard InChI is InChI=1S/C9H20N2OS/c1-7(2)13(12)11-6-9(5-10)4-8(11)3/h7-9H,4-6,10H2,1-3H3. The lowest BCUT2D eigenvalue weighted by Gasteiger charge is -2.21.